The highest BCUT2D eigenvalue weighted by atomic mass is 35.5. The molecule has 0 bridgehead atoms. The molecule has 0 aromatic heterocycles. The Bertz CT molecular complexity index is 370. The summed E-state index contributed by atoms with van der Waals surface area (Å²) in [5.41, 5.74) is 6.43. The molecule has 2 rings (SSSR count). The van der Waals surface area contributed by atoms with Gasteiger partial charge in [0.15, 0.2) is 0 Å². The highest BCUT2D eigenvalue weighted by Crippen LogP contribution is 2.43. The van der Waals surface area contributed by atoms with Gasteiger partial charge < -0.3 is 10.6 Å². The van der Waals surface area contributed by atoms with E-state index in [1.165, 1.54) is 25.7 Å². The van der Waals surface area contributed by atoms with Crippen LogP contribution in [0.4, 0.5) is 0 Å². The van der Waals surface area contributed by atoms with Gasteiger partial charge >= 0.3 is 0 Å². The Hall–Kier alpha value is -0.280. The number of piperidine rings is 1. The van der Waals surface area contributed by atoms with Crippen LogP contribution >= 0.6 is 12.4 Å². The summed E-state index contributed by atoms with van der Waals surface area (Å²) in [5.74, 6) is 2.19. The molecule has 0 aromatic carbocycles. The molecule has 1 aliphatic carbocycles. The quantitative estimate of drug-likeness (QED) is 0.854. The minimum atomic E-state index is 0. The third-order valence-electron chi connectivity index (χ3n) is 5.50. The van der Waals surface area contributed by atoms with Crippen LogP contribution in [0, 0.1) is 23.2 Å². The molecule has 130 valence electrons. The third kappa shape index (κ3) is 5.42. The van der Waals surface area contributed by atoms with E-state index in [4.69, 9.17) is 5.73 Å². The van der Waals surface area contributed by atoms with E-state index in [9.17, 15) is 4.79 Å². The number of carbonyl (C=O) groups excluding carboxylic acids is 1. The van der Waals surface area contributed by atoms with E-state index in [0.717, 1.165) is 31.8 Å². The predicted molar refractivity (Wildman–Crippen MR) is 95.1 cm³/mol. The Morgan fingerprint density at radius 2 is 2.05 bits per heavy atom. The van der Waals surface area contributed by atoms with E-state index < -0.39 is 0 Å². The summed E-state index contributed by atoms with van der Waals surface area (Å²) < 4.78 is 0. The topological polar surface area (TPSA) is 46.3 Å². The van der Waals surface area contributed by atoms with Crippen LogP contribution in [0.25, 0.3) is 0 Å². The summed E-state index contributed by atoms with van der Waals surface area (Å²) in [7, 11) is 0. The van der Waals surface area contributed by atoms with Gasteiger partial charge in [-0.25, -0.2) is 0 Å². The van der Waals surface area contributed by atoms with Crippen molar-refractivity contribution in [2.45, 2.75) is 72.3 Å². The van der Waals surface area contributed by atoms with Gasteiger partial charge in [-0.05, 0) is 62.2 Å². The van der Waals surface area contributed by atoms with Gasteiger partial charge in [0.2, 0.25) is 5.91 Å². The lowest BCUT2D eigenvalue weighted by atomic mass is 9.67. The summed E-state index contributed by atoms with van der Waals surface area (Å²) >= 11 is 0. The zero-order chi connectivity index (χ0) is 15.6. The molecule has 2 N–H and O–H groups in total. The predicted octanol–water partition coefficient (Wildman–Crippen LogP) is 3.85. The van der Waals surface area contributed by atoms with Crippen molar-refractivity contribution in [2.24, 2.45) is 28.9 Å². The molecule has 0 radical (unpaired) electrons. The summed E-state index contributed by atoms with van der Waals surface area (Å²) in [6.07, 6.45) is 6.76. The summed E-state index contributed by atoms with van der Waals surface area (Å²) in [6.45, 7) is 10.9. The fourth-order valence-electron chi connectivity index (χ4n) is 4.74. The first-order valence-corrected chi connectivity index (χ1v) is 8.80. The Morgan fingerprint density at radius 3 is 2.64 bits per heavy atom. The van der Waals surface area contributed by atoms with E-state index in [2.05, 4.69) is 32.6 Å². The number of rotatable bonds is 3. The molecule has 2 aliphatic rings. The average molecular weight is 331 g/mol. The first kappa shape index (κ1) is 19.8. The normalized spacial score (nSPS) is 33.0. The summed E-state index contributed by atoms with van der Waals surface area (Å²) in [6, 6.07) is 0.203. The second kappa shape index (κ2) is 8.01. The molecule has 4 atom stereocenters. The Morgan fingerprint density at radius 1 is 1.36 bits per heavy atom. The third-order valence-corrected chi connectivity index (χ3v) is 5.50. The van der Waals surface area contributed by atoms with Gasteiger partial charge in [-0.2, -0.15) is 0 Å². The van der Waals surface area contributed by atoms with Crippen LogP contribution in [0.1, 0.15) is 66.2 Å². The fourth-order valence-corrected chi connectivity index (χ4v) is 4.74. The Labute approximate surface area is 142 Å². The fraction of sp³-hybridized carbons (Fsp3) is 0.944. The first-order chi connectivity index (χ1) is 9.77. The number of halogens is 1. The minimum absolute atomic E-state index is 0. The molecule has 22 heavy (non-hydrogen) atoms. The van der Waals surface area contributed by atoms with Gasteiger partial charge in [0.25, 0.3) is 0 Å². The second-order valence-electron chi connectivity index (χ2n) is 8.58. The second-order valence-corrected chi connectivity index (χ2v) is 8.58. The molecule has 3 nitrogen and oxygen atoms in total. The van der Waals surface area contributed by atoms with Crippen molar-refractivity contribution in [3.05, 3.63) is 0 Å². The summed E-state index contributed by atoms with van der Waals surface area (Å²) in [5, 5.41) is 0. The van der Waals surface area contributed by atoms with Crippen LogP contribution in [0.2, 0.25) is 0 Å². The van der Waals surface area contributed by atoms with E-state index >= 15 is 0 Å². The number of likely N-dealkylation sites (tertiary alicyclic amines) is 1. The number of carbonyl (C=O) groups is 1. The Kier molecular flexibility index (Phi) is 7.20. The maximum Gasteiger partial charge on any atom is 0.222 e. The van der Waals surface area contributed by atoms with Crippen LogP contribution in [-0.4, -0.2) is 29.9 Å². The highest BCUT2D eigenvalue weighted by Gasteiger charge is 2.34. The molecule has 1 aliphatic heterocycles. The van der Waals surface area contributed by atoms with Crippen molar-refractivity contribution in [1.29, 1.82) is 0 Å². The van der Waals surface area contributed by atoms with Gasteiger partial charge in [0, 0.05) is 25.6 Å². The lowest BCUT2D eigenvalue weighted by Crippen LogP contribution is -2.45. The van der Waals surface area contributed by atoms with Gasteiger partial charge in [0.05, 0.1) is 0 Å². The molecule has 1 amide bonds. The largest absolute Gasteiger partial charge is 0.342 e. The minimum Gasteiger partial charge on any atom is -0.342 e. The van der Waals surface area contributed by atoms with Crippen LogP contribution in [0.3, 0.4) is 0 Å². The molecule has 2 fully saturated rings. The molecule has 0 spiro atoms. The Balaban J connectivity index is 0.00000242. The molecule has 4 unspecified atom stereocenters. The van der Waals surface area contributed by atoms with Crippen molar-refractivity contribution < 1.29 is 4.79 Å². The van der Waals surface area contributed by atoms with E-state index in [0.29, 0.717) is 23.2 Å². The molecular formula is C18H35ClN2O. The maximum atomic E-state index is 12.6. The zero-order valence-electron chi connectivity index (χ0n) is 14.8. The standard InChI is InChI=1S/C18H34N2O.ClH/c1-13-8-15(11-18(3,4)10-13)9-17(21)20-7-5-6-16(12-20)14(2)19;/h13-16H,5-12,19H2,1-4H3;1H. The monoisotopic (exact) mass is 330 g/mol. The molecule has 1 saturated carbocycles. The van der Waals surface area contributed by atoms with Crippen molar-refractivity contribution in [1.82, 2.24) is 4.90 Å². The van der Waals surface area contributed by atoms with Gasteiger partial charge in [-0.3, -0.25) is 4.79 Å². The van der Waals surface area contributed by atoms with Crippen LogP contribution in [0.5, 0.6) is 0 Å². The van der Waals surface area contributed by atoms with E-state index in [1.807, 2.05) is 0 Å². The van der Waals surface area contributed by atoms with Crippen molar-refractivity contribution in [3.8, 4) is 0 Å². The molecule has 1 heterocycles. The number of hydrogen-bond acceptors (Lipinski definition) is 2. The van der Waals surface area contributed by atoms with Crippen LogP contribution < -0.4 is 5.73 Å². The van der Waals surface area contributed by atoms with E-state index in [-0.39, 0.29) is 18.4 Å². The molecule has 0 aromatic rings. The van der Waals surface area contributed by atoms with Gasteiger partial charge in [0.1, 0.15) is 0 Å². The number of nitrogens with zero attached hydrogens (tertiary/aromatic N) is 1. The van der Waals surface area contributed by atoms with Crippen LogP contribution in [-0.2, 0) is 4.79 Å². The maximum absolute atomic E-state index is 12.6. The van der Waals surface area contributed by atoms with E-state index in [1.54, 1.807) is 0 Å². The number of nitrogens with two attached hydrogens (primary N) is 1. The van der Waals surface area contributed by atoms with Crippen molar-refractivity contribution >= 4 is 18.3 Å². The van der Waals surface area contributed by atoms with Gasteiger partial charge in [-0.15, -0.1) is 12.4 Å². The number of amides is 1. The van der Waals surface area contributed by atoms with Gasteiger partial charge in [-0.1, -0.05) is 20.8 Å². The lowest BCUT2D eigenvalue weighted by Gasteiger charge is -2.40. The highest BCUT2D eigenvalue weighted by molar-refractivity contribution is 5.85. The molecule has 1 saturated heterocycles. The molecule has 4 heteroatoms. The zero-order valence-corrected chi connectivity index (χ0v) is 15.6. The SMILES string of the molecule is CC1CC(CC(=O)N2CCCC(C(C)N)C2)CC(C)(C)C1.Cl. The van der Waals surface area contributed by atoms with Crippen molar-refractivity contribution in [3.63, 3.8) is 0 Å². The summed E-state index contributed by atoms with van der Waals surface area (Å²) in [4.78, 5) is 14.7. The first-order valence-electron chi connectivity index (χ1n) is 8.80. The van der Waals surface area contributed by atoms with Crippen molar-refractivity contribution in [2.75, 3.05) is 13.1 Å². The number of hydrogen-bond donors (Lipinski definition) is 1. The average Bonchev–Trinajstić information content (AvgIpc) is 2.36. The molecular weight excluding hydrogens is 296 g/mol. The smallest absolute Gasteiger partial charge is 0.222 e. The van der Waals surface area contributed by atoms with Crippen LogP contribution in [0.15, 0.2) is 0 Å². The lowest BCUT2D eigenvalue weighted by molar-refractivity contribution is -0.134.